The zero-order valence-electron chi connectivity index (χ0n) is 13.1. The highest BCUT2D eigenvalue weighted by Crippen LogP contribution is 2.14. The van der Waals surface area contributed by atoms with E-state index in [2.05, 4.69) is 6.92 Å². The van der Waals surface area contributed by atoms with E-state index in [1.54, 1.807) is 0 Å². The minimum absolute atomic E-state index is 0.0686. The SMILES string of the molecule is CCCCCCCCCCC(O)C(O)CCC(N)CO. The predicted molar refractivity (Wildman–Crippen MR) is 83.5 cm³/mol. The summed E-state index contributed by atoms with van der Waals surface area (Å²) in [6.07, 6.45) is 10.2. The van der Waals surface area contributed by atoms with Gasteiger partial charge in [-0.2, -0.15) is 0 Å². The molecule has 0 saturated heterocycles. The number of hydrogen-bond acceptors (Lipinski definition) is 4. The Kier molecular flexibility index (Phi) is 13.7. The van der Waals surface area contributed by atoms with Gasteiger partial charge in [0.05, 0.1) is 18.8 Å². The lowest BCUT2D eigenvalue weighted by Gasteiger charge is -2.19. The molecule has 0 aromatic heterocycles. The topological polar surface area (TPSA) is 86.7 Å². The highest BCUT2D eigenvalue weighted by molar-refractivity contribution is 4.70. The highest BCUT2D eigenvalue weighted by atomic mass is 16.3. The van der Waals surface area contributed by atoms with E-state index in [-0.39, 0.29) is 12.6 Å². The maximum atomic E-state index is 9.82. The van der Waals surface area contributed by atoms with Crippen LogP contribution in [0, 0.1) is 0 Å². The van der Waals surface area contributed by atoms with Gasteiger partial charge in [-0.1, -0.05) is 58.3 Å². The van der Waals surface area contributed by atoms with Crippen LogP contribution in [0.25, 0.3) is 0 Å². The second-order valence-electron chi connectivity index (χ2n) is 5.92. The summed E-state index contributed by atoms with van der Waals surface area (Å²) in [6.45, 7) is 2.15. The molecule has 0 amide bonds. The summed E-state index contributed by atoms with van der Waals surface area (Å²) in [4.78, 5) is 0. The molecule has 5 N–H and O–H groups in total. The van der Waals surface area contributed by atoms with E-state index < -0.39 is 12.2 Å². The maximum absolute atomic E-state index is 9.82. The number of nitrogens with two attached hydrogens (primary N) is 1. The fourth-order valence-corrected chi connectivity index (χ4v) is 2.35. The first-order chi connectivity index (χ1) is 9.61. The zero-order chi connectivity index (χ0) is 15.2. The molecule has 0 aliphatic heterocycles. The smallest absolute Gasteiger partial charge is 0.0799 e. The molecule has 0 rings (SSSR count). The van der Waals surface area contributed by atoms with Crippen LogP contribution in [-0.4, -0.2) is 40.2 Å². The lowest BCUT2D eigenvalue weighted by molar-refractivity contribution is 0.00576. The second-order valence-corrected chi connectivity index (χ2v) is 5.92. The lowest BCUT2D eigenvalue weighted by atomic mass is 9.99. The van der Waals surface area contributed by atoms with Gasteiger partial charge in [-0.15, -0.1) is 0 Å². The summed E-state index contributed by atoms with van der Waals surface area (Å²) in [5, 5.41) is 28.4. The summed E-state index contributed by atoms with van der Waals surface area (Å²) >= 11 is 0. The molecule has 0 aromatic carbocycles. The Morgan fingerprint density at radius 2 is 1.25 bits per heavy atom. The number of unbranched alkanes of at least 4 members (excludes halogenated alkanes) is 7. The van der Waals surface area contributed by atoms with Gasteiger partial charge in [0.25, 0.3) is 0 Å². The molecule has 4 nitrogen and oxygen atoms in total. The summed E-state index contributed by atoms with van der Waals surface area (Å²) in [5.41, 5.74) is 5.57. The van der Waals surface area contributed by atoms with Gasteiger partial charge < -0.3 is 21.1 Å². The van der Waals surface area contributed by atoms with E-state index in [1.807, 2.05) is 0 Å². The van der Waals surface area contributed by atoms with Crippen molar-refractivity contribution in [3.05, 3.63) is 0 Å². The van der Waals surface area contributed by atoms with Crippen molar-refractivity contribution in [2.45, 2.75) is 95.8 Å². The third-order valence-corrected chi connectivity index (χ3v) is 3.87. The third kappa shape index (κ3) is 11.6. The van der Waals surface area contributed by atoms with Gasteiger partial charge in [0.15, 0.2) is 0 Å². The van der Waals surface area contributed by atoms with Crippen molar-refractivity contribution in [2.75, 3.05) is 6.61 Å². The van der Waals surface area contributed by atoms with Crippen molar-refractivity contribution >= 4 is 0 Å². The molecule has 4 heteroatoms. The Hall–Kier alpha value is -0.160. The Labute approximate surface area is 124 Å². The van der Waals surface area contributed by atoms with Crippen molar-refractivity contribution < 1.29 is 15.3 Å². The fraction of sp³-hybridized carbons (Fsp3) is 1.00. The Bertz CT molecular complexity index is 202. The average molecular weight is 289 g/mol. The lowest BCUT2D eigenvalue weighted by Crippen LogP contribution is -2.30. The minimum Gasteiger partial charge on any atom is -0.395 e. The van der Waals surface area contributed by atoms with E-state index in [0.29, 0.717) is 19.3 Å². The summed E-state index contributed by atoms with van der Waals surface area (Å²) in [6, 6.07) is -0.292. The molecular formula is C16H35NO3. The third-order valence-electron chi connectivity index (χ3n) is 3.87. The summed E-state index contributed by atoms with van der Waals surface area (Å²) in [7, 11) is 0. The molecular weight excluding hydrogens is 254 g/mol. The molecule has 0 radical (unpaired) electrons. The normalized spacial score (nSPS) is 16.1. The quantitative estimate of drug-likeness (QED) is 0.370. The van der Waals surface area contributed by atoms with E-state index in [9.17, 15) is 10.2 Å². The van der Waals surface area contributed by atoms with Crippen LogP contribution in [-0.2, 0) is 0 Å². The molecule has 0 spiro atoms. The minimum atomic E-state index is -0.711. The molecule has 0 heterocycles. The van der Waals surface area contributed by atoms with Crippen LogP contribution in [0.3, 0.4) is 0 Å². The first-order valence-corrected chi connectivity index (χ1v) is 8.34. The number of aliphatic hydroxyl groups excluding tert-OH is 3. The van der Waals surface area contributed by atoms with Crippen molar-refractivity contribution in [1.29, 1.82) is 0 Å². The largest absolute Gasteiger partial charge is 0.395 e. The van der Waals surface area contributed by atoms with E-state index in [0.717, 1.165) is 12.8 Å². The van der Waals surface area contributed by atoms with Crippen LogP contribution in [0.5, 0.6) is 0 Å². The van der Waals surface area contributed by atoms with Crippen LogP contribution >= 0.6 is 0 Å². The van der Waals surface area contributed by atoms with Crippen LogP contribution in [0.2, 0.25) is 0 Å². The van der Waals surface area contributed by atoms with Crippen LogP contribution in [0.1, 0.15) is 77.6 Å². The summed E-state index contributed by atoms with van der Waals surface area (Å²) in [5.74, 6) is 0. The van der Waals surface area contributed by atoms with Gasteiger partial charge in [0.1, 0.15) is 0 Å². The maximum Gasteiger partial charge on any atom is 0.0799 e. The second kappa shape index (κ2) is 13.8. The van der Waals surface area contributed by atoms with Gasteiger partial charge in [-0.25, -0.2) is 0 Å². The fourth-order valence-electron chi connectivity index (χ4n) is 2.35. The van der Waals surface area contributed by atoms with Crippen molar-refractivity contribution in [1.82, 2.24) is 0 Å². The number of aliphatic hydroxyl groups is 3. The Morgan fingerprint density at radius 1 is 0.750 bits per heavy atom. The number of hydrogen-bond donors (Lipinski definition) is 4. The molecule has 0 saturated carbocycles. The van der Waals surface area contributed by atoms with Crippen LogP contribution in [0.4, 0.5) is 0 Å². The van der Waals surface area contributed by atoms with Gasteiger partial charge in [0, 0.05) is 6.04 Å². The molecule has 0 aliphatic rings. The van der Waals surface area contributed by atoms with Crippen molar-refractivity contribution in [3.8, 4) is 0 Å². The van der Waals surface area contributed by atoms with Crippen LogP contribution < -0.4 is 5.73 Å². The average Bonchev–Trinajstić information content (AvgIpc) is 2.46. The molecule has 20 heavy (non-hydrogen) atoms. The molecule has 0 aromatic rings. The van der Waals surface area contributed by atoms with Crippen molar-refractivity contribution in [3.63, 3.8) is 0 Å². The zero-order valence-corrected chi connectivity index (χ0v) is 13.1. The van der Waals surface area contributed by atoms with E-state index in [4.69, 9.17) is 10.8 Å². The van der Waals surface area contributed by atoms with Gasteiger partial charge in [-0.05, 0) is 19.3 Å². The van der Waals surface area contributed by atoms with Gasteiger partial charge in [-0.3, -0.25) is 0 Å². The van der Waals surface area contributed by atoms with E-state index in [1.165, 1.54) is 38.5 Å². The number of rotatable bonds is 14. The molecule has 0 bridgehead atoms. The first kappa shape index (κ1) is 19.8. The van der Waals surface area contributed by atoms with Gasteiger partial charge in [0.2, 0.25) is 0 Å². The first-order valence-electron chi connectivity index (χ1n) is 8.34. The Morgan fingerprint density at radius 3 is 1.80 bits per heavy atom. The molecule has 0 fully saturated rings. The van der Waals surface area contributed by atoms with Crippen LogP contribution in [0.15, 0.2) is 0 Å². The molecule has 0 aliphatic carbocycles. The monoisotopic (exact) mass is 289 g/mol. The van der Waals surface area contributed by atoms with E-state index >= 15 is 0 Å². The highest BCUT2D eigenvalue weighted by Gasteiger charge is 2.16. The molecule has 3 atom stereocenters. The van der Waals surface area contributed by atoms with Gasteiger partial charge >= 0.3 is 0 Å². The molecule has 122 valence electrons. The predicted octanol–water partition coefficient (Wildman–Crippen LogP) is 2.34. The molecule has 3 unspecified atom stereocenters. The summed E-state index contributed by atoms with van der Waals surface area (Å²) < 4.78 is 0. The van der Waals surface area contributed by atoms with Crippen molar-refractivity contribution in [2.24, 2.45) is 5.73 Å². The standard InChI is InChI=1S/C16H35NO3/c1-2-3-4-5-6-7-8-9-10-15(19)16(20)12-11-14(17)13-18/h14-16,18-20H,2-13,17H2,1H3. The Balaban J connectivity index is 3.40.